The van der Waals surface area contributed by atoms with Crippen molar-refractivity contribution in [2.45, 2.75) is 30.2 Å². The van der Waals surface area contributed by atoms with Gasteiger partial charge in [-0.1, -0.05) is 0 Å². The highest BCUT2D eigenvalue weighted by Gasteiger charge is 2.59. The van der Waals surface area contributed by atoms with Crippen molar-refractivity contribution in [2.24, 2.45) is 5.41 Å². The fourth-order valence-electron chi connectivity index (χ4n) is 6.42. The van der Waals surface area contributed by atoms with Crippen molar-refractivity contribution in [3.63, 3.8) is 0 Å². The first-order valence-electron chi connectivity index (χ1n) is 14.9. The van der Waals surface area contributed by atoms with Crippen LogP contribution in [0, 0.1) is 16.7 Å². The molecule has 1 atom stereocenters. The van der Waals surface area contributed by atoms with Crippen LogP contribution >= 0.6 is 0 Å². The Kier molecular flexibility index (Phi) is 7.99. The molecule has 3 aliphatic rings. The summed E-state index contributed by atoms with van der Waals surface area (Å²) in [5, 5.41) is 16.1. The molecule has 0 saturated carbocycles. The normalized spacial score (nSPS) is 20.0. The lowest BCUT2D eigenvalue weighted by Gasteiger charge is -2.48. The lowest BCUT2D eigenvalue weighted by molar-refractivity contribution is -0.121. The molecule has 13 nitrogen and oxygen atoms in total. The van der Waals surface area contributed by atoms with E-state index < -0.39 is 27.5 Å². The summed E-state index contributed by atoms with van der Waals surface area (Å²) in [6.45, 7) is 4.63. The lowest BCUT2D eigenvalue weighted by atomic mass is 9.73. The van der Waals surface area contributed by atoms with Gasteiger partial charge >= 0.3 is 6.03 Å². The van der Waals surface area contributed by atoms with Gasteiger partial charge in [0, 0.05) is 44.0 Å². The molecule has 46 heavy (non-hydrogen) atoms. The van der Waals surface area contributed by atoms with Gasteiger partial charge in [0.25, 0.3) is 15.9 Å². The number of nitriles is 1. The average Bonchev–Trinajstić information content (AvgIpc) is 3.31. The van der Waals surface area contributed by atoms with E-state index in [-0.39, 0.29) is 50.9 Å². The second-order valence-electron chi connectivity index (χ2n) is 11.5. The molecule has 240 valence electrons. The van der Waals surface area contributed by atoms with Crippen LogP contribution < -0.4 is 29.1 Å². The smallest absolute Gasteiger partial charge is 0.318 e. The number of carbonyl (C=O) groups excluding carboxylic acids is 2. The van der Waals surface area contributed by atoms with Crippen molar-refractivity contribution < 1.29 is 32.2 Å². The number of methoxy groups -OCH3 is 2. The Morgan fingerprint density at radius 3 is 2.48 bits per heavy atom. The van der Waals surface area contributed by atoms with Gasteiger partial charge in [-0.15, -0.1) is 0 Å². The zero-order chi connectivity index (χ0) is 32.7. The molecule has 2 fully saturated rings. The van der Waals surface area contributed by atoms with Gasteiger partial charge in [0.2, 0.25) is 5.88 Å². The fourth-order valence-corrected chi connectivity index (χ4v) is 8.02. The van der Waals surface area contributed by atoms with Crippen molar-refractivity contribution >= 4 is 27.6 Å². The number of ether oxygens (including phenoxy) is 3. The van der Waals surface area contributed by atoms with Crippen LogP contribution in [0.1, 0.15) is 36.5 Å². The van der Waals surface area contributed by atoms with Crippen molar-refractivity contribution in [3.8, 4) is 23.4 Å². The quantitative estimate of drug-likeness (QED) is 0.372. The standard InChI is InChI=1S/C32H34N6O7S/c1-4-45-28-23(6-5-13-35-28)32(36-30(40)37-14-11-31(12-15-37)19-34-20-31)24-16-21(18-33)7-9-25(24)38(29(32)39)46(41,42)27-10-8-22(43-2)17-26(27)44-3/h5-10,13,16-17,34H,4,11-12,14-15,19-20H2,1-3H3,(H,36,40)/t32-/m1/s1. The lowest BCUT2D eigenvalue weighted by Crippen LogP contribution is -2.62. The molecule has 4 heterocycles. The van der Waals surface area contributed by atoms with Gasteiger partial charge in [0.15, 0.2) is 5.54 Å². The first kappa shape index (κ1) is 31.1. The molecular formula is C32H34N6O7S. The van der Waals surface area contributed by atoms with E-state index in [0.717, 1.165) is 25.9 Å². The Hall–Kier alpha value is -4.87. The molecule has 3 amide bonds. The topological polar surface area (TPSA) is 163 Å². The van der Waals surface area contributed by atoms with E-state index in [4.69, 9.17) is 14.2 Å². The Balaban J connectivity index is 1.54. The third kappa shape index (κ3) is 4.87. The number of hydrogen-bond acceptors (Lipinski definition) is 10. The zero-order valence-electron chi connectivity index (χ0n) is 25.7. The maximum absolute atomic E-state index is 15.0. The molecule has 2 N–H and O–H groups in total. The minimum atomic E-state index is -4.68. The van der Waals surface area contributed by atoms with Crippen molar-refractivity contribution in [1.82, 2.24) is 20.5 Å². The highest BCUT2D eigenvalue weighted by molar-refractivity contribution is 7.93. The largest absolute Gasteiger partial charge is 0.497 e. The van der Waals surface area contributed by atoms with Gasteiger partial charge in [-0.3, -0.25) is 4.79 Å². The number of sulfonamides is 1. The van der Waals surface area contributed by atoms with E-state index in [9.17, 15) is 18.5 Å². The molecule has 1 spiro atoms. The molecule has 6 rings (SSSR count). The van der Waals surface area contributed by atoms with Crippen LogP contribution in [0.5, 0.6) is 17.4 Å². The van der Waals surface area contributed by atoms with E-state index in [1.165, 1.54) is 56.8 Å². The highest BCUT2D eigenvalue weighted by Crippen LogP contribution is 2.50. The van der Waals surface area contributed by atoms with Crippen LogP contribution in [0.4, 0.5) is 10.5 Å². The Morgan fingerprint density at radius 2 is 1.85 bits per heavy atom. The minimum absolute atomic E-state index is 0.0337. The molecule has 0 aliphatic carbocycles. The third-order valence-corrected chi connectivity index (χ3v) is 10.7. The van der Waals surface area contributed by atoms with Crippen LogP contribution in [0.15, 0.2) is 59.6 Å². The minimum Gasteiger partial charge on any atom is -0.497 e. The summed E-state index contributed by atoms with van der Waals surface area (Å²) in [4.78, 5) is 34.9. The number of anilines is 1. The van der Waals surface area contributed by atoms with E-state index in [2.05, 4.69) is 21.7 Å². The molecule has 0 unspecified atom stereocenters. The van der Waals surface area contributed by atoms with E-state index in [0.29, 0.717) is 23.1 Å². The first-order valence-corrected chi connectivity index (χ1v) is 16.3. The number of carbonyl (C=O) groups is 2. The van der Waals surface area contributed by atoms with Crippen molar-refractivity contribution in [1.29, 1.82) is 5.26 Å². The fraction of sp³-hybridized carbons (Fsp3) is 0.375. The van der Waals surface area contributed by atoms with Gasteiger partial charge in [0.05, 0.1) is 43.7 Å². The Bertz CT molecular complexity index is 1850. The number of likely N-dealkylation sites (tertiary alicyclic amines) is 1. The van der Waals surface area contributed by atoms with Gasteiger partial charge in [-0.25, -0.2) is 18.2 Å². The van der Waals surface area contributed by atoms with Crippen LogP contribution in [0.3, 0.4) is 0 Å². The Labute approximate surface area is 267 Å². The zero-order valence-corrected chi connectivity index (χ0v) is 26.5. The molecule has 0 radical (unpaired) electrons. The highest BCUT2D eigenvalue weighted by atomic mass is 32.2. The second kappa shape index (κ2) is 11.8. The van der Waals surface area contributed by atoms with E-state index >= 15 is 4.79 Å². The predicted molar refractivity (Wildman–Crippen MR) is 166 cm³/mol. The van der Waals surface area contributed by atoms with Crippen LogP contribution in [0.25, 0.3) is 0 Å². The molecule has 3 aromatic rings. The molecule has 3 aliphatic heterocycles. The molecule has 2 saturated heterocycles. The maximum atomic E-state index is 15.0. The van der Waals surface area contributed by atoms with Gasteiger partial charge in [-0.05, 0) is 67.6 Å². The number of nitrogens with zero attached hydrogens (tertiary/aromatic N) is 4. The van der Waals surface area contributed by atoms with E-state index in [1.807, 2.05) is 0 Å². The van der Waals surface area contributed by atoms with Gasteiger partial charge in [0.1, 0.15) is 16.4 Å². The first-order chi connectivity index (χ1) is 22.1. The number of hydrogen-bond donors (Lipinski definition) is 2. The second-order valence-corrected chi connectivity index (χ2v) is 13.3. The average molecular weight is 647 g/mol. The van der Waals surface area contributed by atoms with Crippen molar-refractivity contribution in [3.05, 3.63) is 71.4 Å². The summed E-state index contributed by atoms with van der Waals surface area (Å²) in [7, 11) is -1.94. The molecule has 1 aromatic heterocycles. The Morgan fingerprint density at radius 1 is 1.09 bits per heavy atom. The number of amides is 3. The number of urea groups is 1. The summed E-state index contributed by atoms with van der Waals surface area (Å²) >= 11 is 0. The molecule has 2 aromatic carbocycles. The SMILES string of the molecule is CCOc1ncccc1[C@]1(NC(=O)N2CCC3(CC2)CNC3)C(=O)N(S(=O)(=O)c2ccc(OC)cc2OC)c2ccc(C#N)cc21. The van der Waals surface area contributed by atoms with Crippen molar-refractivity contribution in [2.75, 3.05) is 51.3 Å². The summed E-state index contributed by atoms with van der Waals surface area (Å²) in [6.07, 6.45) is 3.06. The summed E-state index contributed by atoms with van der Waals surface area (Å²) in [5.74, 6) is -0.657. The monoisotopic (exact) mass is 646 g/mol. The summed E-state index contributed by atoms with van der Waals surface area (Å²) < 4.78 is 46.2. The molecule has 0 bridgehead atoms. The summed E-state index contributed by atoms with van der Waals surface area (Å²) in [6, 6.07) is 13.0. The molecule has 14 heteroatoms. The summed E-state index contributed by atoms with van der Waals surface area (Å²) in [5.41, 5.74) is -1.64. The number of pyridine rings is 1. The number of fused-ring (bicyclic) bond motifs is 1. The number of piperidine rings is 1. The number of nitrogens with one attached hydrogen (secondary N) is 2. The maximum Gasteiger partial charge on any atom is 0.318 e. The predicted octanol–water partition coefficient (Wildman–Crippen LogP) is 2.74. The van der Waals surface area contributed by atoms with Crippen LogP contribution in [-0.4, -0.2) is 77.2 Å². The number of rotatable bonds is 8. The van der Waals surface area contributed by atoms with Gasteiger partial charge < -0.3 is 29.7 Å². The van der Waals surface area contributed by atoms with E-state index in [1.54, 1.807) is 24.0 Å². The third-order valence-electron chi connectivity index (χ3n) is 9.00. The van der Waals surface area contributed by atoms with Gasteiger partial charge in [-0.2, -0.15) is 9.57 Å². The number of benzene rings is 2. The van der Waals surface area contributed by atoms with Crippen LogP contribution in [0.2, 0.25) is 0 Å². The number of aromatic nitrogens is 1. The van der Waals surface area contributed by atoms with Crippen LogP contribution in [-0.2, 0) is 20.4 Å². The molecular weight excluding hydrogens is 612 g/mol.